The fourth-order valence-corrected chi connectivity index (χ4v) is 2.80. The van der Waals surface area contributed by atoms with Gasteiger partial charge in [-0.1, -0.05) is 24.3 Å². The zero-order valence-corrected chi connectivity index (χ0v) is 15.6. The van der Waals surface area contributed by atoms with Crippen LogP contribution in [0.2, 0.25) is 0 Å². The predicted molar refractivity (Wildman–Crippen MR) is 97.8 cm³/mol. The van der Waals surface area contributed by atoms with Crippen LogP contribution in [0, 0.1) is 12.7 Å². The lowest BCUT2D eigenvalue weighted by Gasteiger charge is -2.14. The number of carbonyl (C=O) groups is 2. The SMILES string of the molecule is Cc1ccc(NC(=O)[C@@H](C)OC(=O)CCc2ccccc2F)c(Br)c1. The van der Waals surface area contributed by atoms with Gasteiger partial charge in [0, 0.05) is 10.9 Å². The van der Waals surface area contributed by atoms with Gasteiger partial charge in [0.05, 0.1) is 5.69 Å². The molecule has 0 saturated heterocycles. The molecule has 0 aliphatic heterocycles. The fourth-order valence-electron chi connectivity index (χ4n) is 2.20. The van der Waals surface area contributed by atoms with Gasteiger partial charge in [0.2, 0.25) is 0 Å². The lowest BCUT2D eigenvalue weighted by molar-refractivity contribution is -0.153. The Hall–Kier alpha value is -2.21. The Kier molecular flexibility index (Phi) is 6.70. The van der Waals surface area contributed by atoms with Gasteiger partial charge in [-0.2, -0.15) is 0 Å². The molecule has 2 aromatic rings. The second kappa shape index (κ2) is 8.76. The van der Waals surface area contributed by atoms with E-state index >= 15 is 0 Å². The van der Waals surface area contributed by atoms with Crippen LogP contribution in [0.1, 0.15) is 24.5 Å². The van der Waals surface area contributed by atoms with E-state index in [0.29, 0.717) is 11.3 Å². The average molecular weight is 408 g/mol. The van der Waals surface area contributed by atoms with E-state index in [1.54, 1.807) is 24.3 Å². The third kappa shape index (κ3) is 5.67. The highest BCUT2D eigenvalue weighted by atomic mass is 79.9. The van der Waals surface area contributed by atoms with Crippen molar-refractivity contribution in [1.82, 2.24) is 0 Å². The lowest BCUT2D eigenvalue weighted by atomic mass is 10.1. The summed E-state index contributed by atoms with van der Waals surface area (Å²) < 4.78 is 19.4. The van der Waals surface area contributed by atoms with Crippen LogP contribution in [-0.2, 0) is 20.7 Å². The molecule has 6 heteroatoms. The van der Waals surface area contributed by atoms with E-state index < -0.39 is 18.0 Å². The smallest absolute Gasteiger partial charge is 0.306 e. The lowest BCUT2D eigenvalue weighted by Crippen LogP contribution is -2.30. The Labute approximate surface area is 154 Å². The summed E-state index contributed by atoms with van der Waals surface area (Å²) in [5.74, 6) is -1.33. The minimum Gasteiger partial charge on any atom is -0.453 e. The van der Waals surface area contributed by atoms with Crippen LogP contribution in [0.15, 0.2) is 46.9 Å². The van der Waals surface area contributed by atoms with Gasteiger partial charge in [-0.15, -0.1) is 0 Å². The van der Waals surface area contributed by atoms with Gasteiger partial charge in [-0.25, -0.2) is 4.39 Å². The molecule has 2 aromatic carbocycles. The summed E-state index contributed by atoms with van der Waals surface area (Å²) >= 11 is 3.38. The first kappa shape index (κ1) is 19.1. The van der Waals surface area contributed by atoms with Gasteiger partial charge in [-0.3, -0.25) is 9.59 Å². The van der Waals surface area contributed by atoms with E-state index in [2.05, 4.69) is 21.2 Å². The molecule has 0 radical (unpaired) electrons. The number of carbonyl (C=O) groups excluding carboxylic acids is 2. The Morgan fingerprint density at radius 2 is 1.96 bits per heavy atom. The maximum atomic E-state index is 13.5. The topological polar surface area (TPSA) is 55.4 Å². The highest BCUT2D eigenvalue weighted by Crippen LogP contribution is 2.23. The van der Waals surface area contributed by atoms with Crippen molar-refractivity contribution in [1.29, 1.82) is 0 Å². The number of hydrogen-bond acceptors (Lipinski definition) is 3. The van der Waals surface area contributed by atoms with Gasteiger partial charge < -0.3 is 10.1 Å². The summed E-state index contributed by atoms with van der Waals surface area (Å²) in [5.41, 5.74) is 2.10. The molecule has 0 heterocycles. The van der Waals surface area contributed by atoms with E-state index in [9.17, 15) is 14.0 Å². The third-order valence-corrected chi connectivity index (χ3v) is 4.27. The molecule has 0 bridgehead atoms. The van der Waals surface area contributed by atoms with Crippen molar-refractivity contribution in [2.75, 3.05) is 5.32 Å². The number of anilines is 1. The van der Waals surface area contributed by atoms with E-state index in [-0.39, 0.29) is 18.7 Å². The fraction of sp³-hybridized carbons (Fsp3) is 0.263. The zero-order chi connectivity index (χ0) is 18.4. The first-order valence-corrected chi connectivity index (χ1v) is 8.66. The van der Waals surface area contributed by atoms with Gasteiger partial charge in [0.15, 0.2) is 6.10 Å². The molecule has 0 unspecified atom stereocenters. The van der Waals surface area contributed by atoms with E-state index in [1.165, 1.54) is 13.0 Å². The first-order valence-electron chi connectivity index (χ1n) is 7.86. The summed E-state index contributed by atoms with van der Waals surface area (Å²) in [6.45, 7) is 3.44. The van der Waals surface area contributed by atoms with Gasteiger partial charge in [0.1, 0.15) is 5.82 Å². The monoisotopic (exact) mass is 407 g/mol. The van der Waals surface area contributed by atoms with E-state index in [0.717, 1.165) is 10.0 Å². The molecule has 0 saturated carbocycles. The summed E-state index contributed by atoms with van der Waals surface area (Å²) in [6.07, 6.45) is -0.711. The Morgan fingerprint density at radius 3 is 2.64 bits per heavy atom. The number of amides is 1. The maximum absolute atomic E-state index is 13.5. The van der Waals surface area contributed by atoms with E-state index in [1.807, 2.05) is 19.1 Å². The Balaban J connectivity index is 1.85. The van der Waals surface area contributed by atoms with Crippen molar-refractivity contribution in [3.8, 4) is 0 Å². The van der Waals surface area contributed by atoms with Gasteiger partial charge in [-0.05, 0) is 65.5 Å². The second-order valence-electron chi connectivity index (χ2n) is 5.70. The highest BCUT2D eigenvalue weighted by molar-refractivity contribution is 9.10. The highest BCUT2D eigenvalue weighted by Gasteiger charge is 2.19. The molecule has 0 spiro atoms. The minimum atomic E-state index is -0.943. The van der Waals surface area contributed by atoms with Gasteiger partial charge in [0.25, 0.3) is 5.91 Å². The Morgan fingerprint density at radius 1 is 1.24 bits per heavy atom. The zero-order valence-electron chi connectivity index (χ0n) is 14.0. The average Bonchev–Trinajstić information content (AvgIpc) is 2.56. The number of nitrogens with one attached hydrogen (secondary N) is 1. The number of esters is 1. The van der Waals surface area contributed by atoms with Crippen LogP contribution in [0.3, 0.4) is 0 Å². The molecule has 25 heavy (non-hydrogen) atoms. The van der Waals surface area contributed by atoms with Crippen molar-refractivity contribution in [2.45, 2.75) is 32.8 Å². The number of ether oxygens (including phenoxy) is 1. The molecule has 1 amide bonds. The van der Waals surface area contributed by atoms with E-state index in [4.69, 9.17) is 4.74 Å². The molecule has 0 aliphatic rings. The first-order chi connectivity index (χ1) is 11.9. The molecule has 0 fully saturated rings. The third-order valence-electron chi connectivity index (χ3n) is 3.62. The van der Waals surface area contributed by atoms with Crippen LogP contribution in [0.4, 0.5) is 10.1 Å². The number of benzene rings is 2. The van der Waals surface area contributed by atoms with Crippen LogP contribution >= 0.6 is 15.9 Å². The van der Waals surface area contributed by atoms with Crippen LogP contribution in [0.5, 0.6) is 0 Å². The summed E-state index contributed by atoms with van der Waals surface area (Å²) in [5, 5.41) is 2.70. The molecule has 1 N–H and O–H groups in total. The summed E-state index contributed by atoms with van der Waals surface area (Å²) in [4.78, 5) is 24.0. The van der Waals surface area contributed by atoms with Crippen LogP contribution in [-0.4, -0.2) is 18.0 Å². The van der Waals surface area contributed by atoms with Crippen molar-refractivity contribution in [3.05, 3.63) is 63.9 Å². The molecule has 0 aromatic heterocycles. The number of hydrogen-bond donors (Lipinski definition) is 1. The molecule has 132 valence electrons. The van der Waals surface area contributed by atoms with Crippen molar-refractivity contribution >= 4 is 33.5 Å². The molecule has 1 atom stereocenters. The Bertz CT molecular complexity index is 779. The quantitative estimate of drug-likeness (QED) is 0.721. The number of aryl methyl sites for hydroxylation is 2. The molecular formula is C19H19BrFNO3. The van der Waals surface area contributed by atoms with Crippen molar-refractivity contribution < 1.29 is 18.7 Å². The number of halogens is 2. The largest absolute Gasteiger partial charge is 0.453 e. The number of rotatable bonds is 6. The van der Waals surface area contributed by atoms with Crippen molar-refractivity contribution in [3.63, 3.8) is 0 Å². The van der Waals surface area contributed by atoms with Gasteiger partial charge >= 0.3 is 5.97 Å². The molecule has 4 nitrogen and oxygen atoms in total. The van der Waals surface area contributed by atoms with Crippen LogP contribution in [0.25, 0.3) is 0 Å². The normalized spacial score (nSPS) is 11.7. The summed E-state index contributed by atoms with van der Waals surface area (Å²) in [6, 6.07) is 11.8. The standard InChI is InChI=1S/C19H19BrFNO3/c1-12-7-9-17(15(20)11-12)22-19(24)13(2)25-18(23)10-8-14-5-3-4-6-16(14)21/h3-7,9,11,13H,8,10H2,1-2H3,(H,22,24)/t13-/m1/s1. The van der Waals surface area contributed by atoms with Crippen LogP contribution < -0.4 is 5.32 Å². The van der Waals surface area contributed by atoms with Crippen molar-refractivity contribution in [2.24, 2.45) is 0 Å². The maximum Gasteiger partial charge on any atom is 0.306 e. The molecular weight excluding hydrogens is 389 g/mol. The predicted octanol–water partition coefficient (Wildman–Crippen LogP) is 4.40. The second-order valence-corrected chi connectivity index (χ2v) is 6.55. The molecule has 0 aliphatic carbocycles. The molecule has 2 rings (SSSR count). The minimum absolute atomic E-state index is 0.00673. The summed E-state index contributed by atoms with van der Waals surface area (Å²) in [7, 11) is 0.